The number of nitrogens with zero attached hydrogens (tertiary/aromatic N) is 1. The fraction of sp³-hybridized carbons (Fsp3) is 0.923. The molecule has 4 heteroatoms. The van der Waals surface area contributed by atoms with Crippen molar-refractivity contribution in [2.24, 2.45) is 16.8 Å². The fourth-order valence-electron chi connectivity index (χ4n) is 1.48. The third-order valence-electron chi connectivity index (χ3n) is 2.69. The molecule has 1 fully saturated rings. The van der Waals surface area contributed by atoms with Gasteiger partial charge in [-0.2, -0.15) is 0 Å². The van der Waals surface area contributed by atoms with Crippen molar-refractivity contribution in [3.63, 3.8) is 0 Å². The summed E-state index contributed by atoms with van der Waals surface area (Å²) in [6.45, 7) is 8.00. The first-order valence-electron chi connectivity index (χ1n) is 6.74. The summed E-state index contributed by atoms with van der Waals surface area (Å²) in [4.78, 5) is 4.19. The maximum Gasteiger partial charge on any atom is 0.190 e. The van der Waals surface area contributed by atoms with Gasteiger partial charge < -0.3 is 15.4 Å². The predicted molar refractivity (Wildman–Crippen MR) is 72.4 cm³/mol. The number of hydrogen-bond acceptors (Lipinski definition) is 2. The molecule has 1 aliphatic carbocycles. The van der Waals surface area contributed by atoms with Crippen molar-refractivity contribution in [3.05, 3.63) is 0 Å². The van der Waals surface area contributed by atoms with Crippen LogP contribution in [0.4, 0.5) is 0 Å². The Morgan fingerprint density at radius 2 is 2.12 bits per heavy atom. The summed E-state index contributed by atoms with van der Waals surface area (Å²) in [5, 5.41) is 6.64. The zero-order chi connectivity index (χ0) is 12.5. The summed E-state index contributed by atoms with van der Waals surface area (Å²) >= 11 is 0. The monoisotopic (exact) mass is 241 g/mol. The molecule has 1 aliphatic rings. The normalized spacial score (nSPS) is 16.4. The van der Waals surface area contributed by atoms with Gasteiger partial charge in [-0.25, -0.2) is 0 Å². The molecule has 0 spiro atoms. The summed E-state index contributed by atoms with van der Waals surface area (Å²) in [5.74, 6) is 2.42. The molecule has 0 aromatic carbocycles. The molecule has 0 heterocycles. The van der Waals surface area contributed by atoms with E-state index >= 15 is 0 Å². The molecule has 0 amide bonds. The van der Waals surface area contributed by atoms with Crippen LogP contribution in [-0.4, -0.2) is 39.3 Å². The molecule has 0 radical (unpaired) electrons. The van der Waals surface area contributed by atoms with Crippen LogP contribution in [0.1, 0.15) is 33.1 Å². The van der Waals surface area contributed by atoms with E-state index in [1.54, 1.807) is 0 Å². The van der Waals surface area contributed by atoms with Crippen LogP contribution in [0.3, 0.4) is 0 Å². The van der Waals surface area contributed by atoms with Crippen molar-refractivity contribution < 1.29 is 4.74 Å². The molecule has 0 unspecified atom stereocenters. The van der Waals surface area contributed by atoms with Crippen LogP contribution in [0.15, 0.2) is 4.99 Å². The van der Waals surface area contributed by atoms with Crippen LogP contribution in [0.5, 0.6) is 0 Å². The second-order valence-corrected chi connectivity index (χ2v) is 5.15. The van der Waals surface area contributed by atoms with Gasteiger partial charge in [0, 0.05) is 33.4 Å². The van der Waals surface area contributed by atoms with Gasteiger partial charge in [0.1, 0.15) is 0 Å². The smallest absolute Gasteiger partial charge is 0.190 e. The van der Waals surface area contributed by atoms with E-state index in [-0.39, 0.29) is 0 Å². The Morgan fingerprint density at radius 3 is 2.71 bits per heavy atom. The zero-order valence-corrected chi connectivity index (χ0v) is 11.5. The summed E-state index contributed by atoms with van der Waals surface area (Å²) < 4.78 is 5.52. The standard InChI is InChI=1S/C13H27N3O/c1-11(2)10-17-8-4-7-15-13(14-3)16-9-12-5-6-12/h11-12H,4-10H2,1-3H3,(H2,14,15,16). The summed E-state index contributed by atoms with van der Waals surface area (Å²) in [6, 6.07) is 0. The Hall–Kier alpha value is -0.770. The Kier molecular flexibility index (Phi) is 7.01. The van der Waals surface area contributed by atoms with E-state index in [9.17, 15) is 0 Å². The second kappa shape index (κ2) is 8.34. The van der Waals surface area contributed by atoms with Gasteiger partial charge in [0.25, 0.3) is 0 Å². The van der Waals surface area contributed by atoms with Gasteiger partial charge in [0.15, 0.2) is 5.96 Å². The van der Waals surface area contributed by atoms with E-state index in [0.29, 0.717) is 5.92 Å². The van der Waals surface area contributed by atoms with Crippen molar-refractivity contribution in [1.29, 1.82) is 0 Å². The van der Waals surface area contributed by atoms with Crippen molar-refractivity contribution >= 4 is 5.96 Å². The lowest BCUT2D eigenvalue weighted by Gasteiger charge is -2.11. The molecule has 4 nitrogen and oxygen atoms in total. The highest BCUT2D eigenvalue weighted by atomic mass is 16.5. The van der Waals surface area contributed by atoms with Gasteiger partial charge in [0.2, 0.25) is 0 Å². The highest BCUT2D eigenvalue weighted by molar-refractivity contribution is 5.79. The Labute approximate surface area is 105 Å². The van der Waals surface area contributed by atoms with Gasteiger partial charge in [-0.1, -0.05) is 13.8 Å². The van der Waals surface area contributed by atoms with Crippen molar-refractivity contribution in [3.8, 4) is 0 Å². The van der Waals surface area contributed by atoms with Gasteiger partial charge in [-0.05, 0) is 31.1 Å². The van der Waals surface area contributed by atoms with Crippen LogP contribution in [0.25, 0.3) is 0 Å². The van der Waals surface area contributed by atoms with Gasteiger partial charge in [-0.3, -0.25) is 4.99 Å². The maximum absolute atomic E-state index is 5.52. The number of nitrogens with one attached hydrogen (secondary N) is 2. The zero-order valence-electron chi connectivity index (χ0n) is 11.5. The van der Waals surface area contributed by atoms with Crippen molar-refractivity contribution in [2.75, 3.05) is 33.4 Å². The minimum Gasteiger partial charge on any atom is -0.381 e. The molecule has 0 saturated heterocycles. The molecule has 100 valence electrons. The highest BCUT2D eigenvalue weighted by Crippen LogP contribution is 2.27. The minimum absolute atomic E-state index is 0.621. The minimum atomic E-state index is 0.621. The maximum atomic E-state index is 5.52. The first-order valence-corrected chi connectivity index (χ1v) is 6.74. The topological polar surface area (TPSA) is 45.7 Å². The summed E-state index contributed by atoms with van der Waals surface area (Å²) in [6.07, 6.45) is 3.76. The second-order valence-electron chi connectivity index (χ2n) is 5.15. The number of aliphatic imine (C=N–C) groups is 1. The number of ether oxygens (including phenoxy) is 1. The third-order valence-corrected chi connectivity index (χ3v) is 2.69. The molecule has 0 atom stereocenters. The van der Waals surface area contributed by atoms with E-state index < -0.39 is 0 Å². The van der Waals surface area contributed by atoms with Gasteiger partial charge >= 0.3 is 0 Å². The van der Waals surface area contributed by atoms with Crippen LogP contribution in [-0.2, 0) is 4.74 Å². The first-order chi connectivity index (χ1) is 8.22. The molecule has 0 bridgehead atoms. The molecule has 1 rings (SSSR count). The van der Waals surface area contributed by atoms with Crippen LogP contribution in [0.2, 0.25) is 0 Å². The number of guanidine groups is 1. The lowest BCUT2D eigenvalue weighted by atomic mass is 10.2. The van der Waals surface area contributed by atoms with Crippen molar-refractivity contribution in [1.82, 2.24) is 10.6 Å². The Balaban J connectivity index is 1.91. The SMILES string of the molecule is CN=C(NCCCOCC(C)C)NCC1CC1. The van der Waals surface area contributed by atoms with Crippen LogP contribution >= 0.6 is 0 Å². The van der Waals surface area contributed by atoms with Crippen LogP contribution < -0.4 is 10.6 Å². The lowest BCUT2D eigenvalue weighted by molar-refractivity contribution is 0.108. The van der Waals surface area contributed by atoms with Gasteiger partial charge in [0.05, 0.1) is 0 Å². The summed E-state index contributed by atoms with van der Waals surface area (Å²) in [7, 11) is 1.82. The fourth-order valence-corrected chi connectivity index (χ4v) is 1.48. The summed E-state index contributed by atoms with van der Waals surface area (Å²) in [5.41, 5.74) is 0. The van der Waals surface area contributed by atoms with E-state index in [2.05, 4.69) is 29.5 Å². The Morgan fingerprint density at radius 1 is 1.35 bits per heavy atom. The molecule has 17 heavy (non-hydrogen) atoms. The average Bonchev–Trinajstić information content (AvgIpc) is 3.10. The predicted octanol–water partition coefficient (Wildman–Crippen LogP) is 1.62. The number of rotatable bonds is 8. The highest BCUT2D eigenvalue weighted by Gasteiger charge is 2.20. The first kappa shape index (κ1) is 14.3. The van der Waals surface area contributed by atoms with E-state index in [4.69, 9.17) is 4.74 Å². The third kappa shape index (κ3) is 8.02. The van der Waals surface area contributed by atoms with Crippen LogP contribution in [0, 0.1) is 11.8 Å². The molecule has 0 aromatic heterocycles. The van der Waals surface area contributed by atoms with E-state index in [1.165, 1.54) is 12.8 Å². The Bertz CT molecular complexity index is 225. The lowest BCUT2D eigenvalue weighted by Crippen LogP contribution is -2.39. The molecule has 0 aliphatic heterocycles. The molecule has 1 saturated carbocycles. The van der Waals surface area contributed by atoms with Gasteiger partial charge in [-0.15, -0.1) is 0 Å². The number of hydrogen-bond donors (Lipinski definition) is 2. The largest absolute Gasteiger partial charge is 0.381 e. The molecule has 0 aromatic rings. The molecule has 2 N–H and O–H groups in total. The molecular formula is C13H27N3O. The average molecular weight is 241 g/mol. The van der Waals surface area contributed by atoms with E-state index in [1.807, 2.05) is 7.05 Å². The van der Waals surface area contributed by atoms with Crippen molar-refractivity contribution in [2.45, 2.75) is 33.1 Å². The van der Waals surface area contributed by atoms with E-state index in [0.717, 1.165) is 44.6 Å². The molecular weight excluding hydrogens is 214 g/mol. The quantitative estimate of drug-likeness (QED) is 0.386.